The summed E-state index contributed by atoms with van der Waals surface area (Å²) in [5.41, 5.74) is 2.04. The predicted octanol–water partition coefficient (Wildman–Crippen LogP) is 0.271. The SMILES string of the molecule is COc1ccccc1NC(=O)C[NH+]1CC[NH+](Cc2ccc(Cl)cc2)CC1. The largest absolute Gasteiger partial charge is 0.495 e. The van der Waals surface area contributed by atoms with Crippen molar-refractivity contribution in [1.82, 2.24) is 0 Å². The fourth-order valence-corrected chi connectivity index (χ4v) is 3.50. The maximum Gasteiger partial charge on any atom is 0.279 e. The molecule has 0 unspecified atom stereocenters. The van der Waals surface area contributed by atoms with Crippen molar-refractivity contribution in [3.63, 3.8) is 0 Å². The highest BCUT2D eigenvalue weighted by molar-refractivity contribution is 6.30. The first-order chi connectivity index (χ1) is 12.6. The van der Waals surface area contributed by atoms with Gasteiger partial charge in [0.1, 0.15) is 38.5 Å². The first kappa shape index (κ1) is 18.7. The van der Waals surface area contributed by atoms with Gasteiger partial charge in [0.15, 0.2) is 6.54 Å². The van der Waals surface area contributed by atoms with E-state index >= 15 is 0 Å². The van der Waals surface area contributed by atoms with Gasteiger partial charge in [-0.05, 0) is 24.3 Å². The number of nitrogens with one attached hydrogen (secondary N) is 3. The Bertz CT molecular complexity index is 728. The summed E-state index contributed by atoms with van der Waals surface area (Å²) in [4.78, 5) is 15.2. The predicted molar refractivity (Wildman–Crippen MR) is 103 cm³/mol. The average Bonchev–Trinajstić information content (AvgIpc) is 2.65. The highest BCUT2D eigenvalue weighted by atomic mass is 35.5. The zero-order valence-electron chi connectivity index (χ0n) is 15.1. The lowest BCUT2D eigenvalue weighted by Crippen LogP contribution is -3.28. The Morgan fingerprint density at radius 1 is 1.04 bits per heavy atom. The average molecular weight is 376 g/mol. The van der Waals surface area contributed by atoms with Crippen LogP contribution in [0, 0.1) is 0 Å². The van der Waals surface area contributed by atoms with Gasteiger partial charge in [-0.1, -0.05) is 35.9 Å². The molecular weight excluding hydrogens is 350 g/mol. The monoisotopic (exact) mass is 375 g/mol. The lowest BCUT2D eigenvalue weighted by atomic mass is 10.2. The van der Waals surface area contributed by atoms with Crippen LogP contribution in [0.25, 0.3) is 0 Å². The Hall–Kier alpha value is -2.08. The van der Waals surface area contributed by atoms with Crippen LogP contribution in [-0.2, 0) is 11.3 Å². The molecule has 26 heavy (non-hydrogen) atoms. The third kappa shape index (κ3) is 5.21. The summed E-state index contributed by atoms with van der Waals surface area (Å²) in [5.74, 6) is 0.721. The van der Waals surface area contributed by atoms with Gasteiger partial charge in [0.05, 0.1) is 12.8 Å². The van der Waals surface area contributed by atoms with E-state index in [9.17, 15) is 4.79 Å². The van der Waals surface area contributed by atoms with Gasteiger partial charge in [0.25, 0.3) is 5.91 Å². The standard InChI is InChI=1S/C20H24ClN3O2/c1-26-19-5-3-2-4-18(19)22-20(25)15-24-12-10-23(11-13-24)14-16-6-8-17(21)9-7-16/h2-9H,10-15H2,1H3,(H,22,25)/p+2. The number of anilines is 1. The van der Waals surface area contributed by atoms with Crippen LogP contribution in [0.4, 0.5) is 5.69 Å². The highest BCUT2D eigenvalue weighted by Gasteiger charge is 2.25. The smallest absolute Gasteiger partial charge is 0.279 e. The van der Waals surface area contributed by atoms with Crippen molar-refractivity contribution < 1.29 is 19.3 Å². The van der Waals surface area contributed by atoms with Gasteiger partial charge in [0.2, 0.25) is 0 Å². The molecule has 6 heteroatoms. The normalized spacial score (nSPS) is 19.8. The maximum absolute atomic E-state index is 12.3. The minimum absolute atomic E-state index is 0.0330. The second kappa shape index (κ2) is 9.03. The molecule has 1 fully saturated rings. The van der Waals surface area contributed by atoms with Crippen molar-refractivity contribution in [3.05, 3.63) is 59.1 Å². The molecule has 1 heterocycles. The molecule has 138 valence electrons. The highest BCUT2D eigenvalue weighted by Crippen LogP contribution is 2.22. The molecule has 0 spiro atoms. The number of para-hydroxylation sites is 2. The van der Waals surface area contributed by atoms with Crippen molar-refractivity contribution in [1.29, 1.82) is 0 Å². The lowest BCUT2D eigenvalue weighted by molar-refractivity contribution is -1.02. The van der Waals surface area contributed by atoms with E-state index in [-0.39, 0.29) is 5.91 Å². The summed E-state index contributed by atoms with van der Waals surface area (Å²) in [6.07, 6.45) is 0. The van der Waals surface area contributed by atoms with Gasteiger partial charge in [-0.15, -0.1) is 0 Å². The molecule has 1 aliphatic rings. The number of benzene rings is 2. The van der Waals surface area contributed by atoms with Crippen molar-refractivity contribution in [2.24, 2.45) is 0 Å². The number of hydrogen-bond donors (Lipinski definition) is 3. The third-order valence-corrected chi connectivity index (χ3v) is 5.08. The number of quaternary nitrogens is 2. The second-order valence-electron chi connectivity index (χ2n) is 6.73. The number of amides is 1. The van der Waals surface area contributed by atoms with Gasteiger partial charge in [0, 0.05) is 10.6 Å². The van der Waals surface area contributed by atoms with Gasteiger partial charge >= 0.3 is 0 Å². The third-order valence-electron chi connectivity index (χ3n) is 4.82. The molecule has 1 saturated heterocycles. The van der Waals surface area contributed by atoms with Gasteiger partial charge in [-0.25, -0.2) is 0 Å². The van der Waals surface area contributed by atoms with E-state index in [4.69, 9.17) is 16.3 Å². The molecule has 2 aromatic carbocycles. The summed E-state index contributed by atoms with van der Waals surface area (Å²) in [7, 11) is 1.61. The van der Waals surface area contributed by atoms with Gasteiger partial charge in [-0.3, -0.25) is 4.79 Å². The summed E-state index contributed by atoms with van der Waals surface area (Å²) < 4.78 is 5.28. The van der Waals surface area contributed by atoms with Crippen molar-refractivity contribution >= 4 is 23.2 Å². The maximum atomic E-state index is 12.3. The lowest BCUT2D eigenvalue weighted by Gasteiger charge is -2.29. The number of rotatable bonds is 6. The molecule has 0 aliphatic carbocycles. The fraction of sp³-hybridized carbons (Fsp3) is 0.350. The molecule has 3 rings (SSSR count). The summed E-state index contributed by atoms with van der Waals surface area (Å²) >= 11 is 5.94. The molecule has 3 N–H and O–H groups in total. The van der Waals surface area contributed by atoms with Crippen LogP contribution in [0.1, 0.15) is 5.56 Å². The van der Waals surface area contributed by atoms with Crippen LogP contribution in [0.5, 0.6) is 5.75 Å². The summed E-state index contributed by atoms with van der Waals surface area (Å²) in [6, 6.07) is 15.6. The zero-order chi connectivity index (χ0) is 18.4. The number of piperazine rings is 1. The minimum atomic E-state index is 0.0330. The number of hydrogen-bond acceptors (Lipinski definition) is 2. The van der Waals surface area contributed by atoms with Crippen LogP contribution in [0.3, 0.4) is 0 Å². The molecular formula is C20H26ClN3O2+2. The Morgan fingerprint density at radius 3 is 2.38 bits per heavy atom. The summed E-state index contributed by atoms with van der Waals surface area (Å²) in [6.45, 7) is 5.65. The molecule has 0 radical (unpaired) electrons. The summed E-state index contributed by atoms with van der Waals surface area (Å²) in [5, 5.41) is 3.74. The van der Waals surface area contributed by atoms with E-state index in [0.29, 0.717) is 12.3 Å². The van der Waals surface area contributed by atoms with Crippen molar-refractivity contribution in [3.8, 4) is 5.75 Å². The fourth-order valence-electron chi connectivity index (χ4n) is 3.37. The van der Waals surface area contributed by atoms with Gasteiger partial charge in [-0.2, -0.15) is 0 Å². The number of halogens is 1. The van der Waals surface area contributed by atoms with E-state index in [1.165, 1.54) is 10.5 Å². The first-order valence-electron chi connectivity index (χ1n) is 8.98. The van der Waals surface area contributed by atoms with E-state index in [1.54, 1.807) is 12.0 Å². The Morgan fingerprint density at radius 2 is 1.69 bits per heavy atom. The molecule has 0 aromatic heterocycles. The zero-order valence-corrected chi connectivity index (χ0v) is 15.8. The van der Waals surface area contributed by atoms with Crippen molar-refractivity contribution in [2.75, 3.05) is 45.2 Å². The van der Waals surface area contributed by atoms with E-state index in [2.05, 4.69) is 17.4 Å². The molecule has 1 amide bonds. The topological polar surface area (TPSA) is 47.2 Å². The molecule has 5 nitrogen and oxygen atoms in total. The van der Waals surface area contributed by atoms with E-state index < -0.39 is 0 Å². The van der Waals surface area contributed by atoms with Crippen LogP contribution >= 0.6 is 11.6 Å². The van der Waals surface area contributed by atoms with Crippen LogP contribution < -0.4 is 19.9 Å². The molecule has 0 atom stereocenters. The number of carbonyl (C=O) groups excluding carboxylic acids is 1. The Kier molecular flexibility index (Phi) is 6.50. The van der Waals surface area contributed by atoms with E-state index in [0.717, 1.165) is 43.4 Å². The molecule has 0 saturated carbocycles. The number of carbonyl (C=O) groups is 1. The molecule has 0 bridgehead atoms. The minimum Gasteiger partial charge on any atom is -0.495 e. The van der Waals surface area contributed by atoms with Gasteiger partial charge < -0.3 is 19.9 Å². The van der Waals surface area contributed by atoms with Crippen LogP contribution in [0.2, 0.25) is 5.02 Å². The quantitative estimate of drug-likeness (QED) is 0.679. The van der Waals surface area contributed by atoms with Crippen LogP contribution in [-0.4, -0.2) is 45.7 Å². The Labute approximate surface area is 159 Å². The van der Waals surface area contributed by atoms with E-state index in [1.807, 2.05) is 36.4 Å². The Balaban J connectivity index is 1.44. The van der Waals surface area contributed by atoms with Crippen LogP contribution in [0.15, 0.2) is 48.5 Å². The molecule has 1 aliphatic heterocycles. The first-order valence-corrected chi connectivity index (χ1v) is 9.36. The molecule has 2 aromatic rings. The van der Waals surface area contributed by atoms with Crippen molar-refractivity contribution in [2.45, 2.75) is 6.54 Å². The number of ether oxygens (including phenoxy) is 1. The second-order valence-corrected chi connectivity index (χ2v) is 7.16. The number of methoxy groups -OCH3 is 1.